The molecule has 0 unspecified atom stereocenters. The van der Waals surface area contributed by atoms with Crippen molar-refractivity contribution < 1.29 is 24.6 Å². The minimum atomic E-state index is -1.33. The van der Waals surface area contributed by atoms with Crippen LogP contribution in [0.2, 0.25) is 0 Å². The topological polar surface area (TPSA) is 173 Å². The van der Waals surface area contributed by atoms with Gasteiger partial charge in [0, 0.05) is 82.6 Å². The van der Waals surface area contributed by atoms with E-state index in [-0.39, 0.29) is 48.2 Å². The summed E-state index contributed by atoms with van der Waals surface area (Å²) in [6.45, 7) is 1.50. The molecule has 0 atom stereocenters. The predicted octanol–water partition coefficient (Wildman–Crippen LogP) is 4.20. The Kier molecular flexibility index (Phi) is 11.1. The molecule has 42 heavy (non-hydrogen) atoms. The van der Waals surface area contributed by atoms with Crippen molar-refractivity contribution in [2.45, 2.75) is 13.0 Å². The summed E-state index contributed by atoms with van der Waals surface area (Å²) in [6.07, 6.45) is 0.381. The number of rotatable bonds is 14. The van der Waals surface area contributed by atoms with Crippen LogP contribution in [0.15, 0.2) is 48.8 Å². The smallest absolute Gasteiger partial charge is 0.417 e. The molecule has 0 aliphatic heterocycles. The number of aromatic nitrogens is 2. The molecule has 3 amide bonds. The van der Waals surface area contributed by atoms with Gasteiger partial charge in [-0.05, 0) is 23.8 Å². The quantitative estimate of drug-likeness (QED) is 0.102. The van der Waals surface area contributed by atoms with Gasteiger partial charge in [-0.2, -0.15) is 0 Å². The highest BCUT2D eigenvalue weighted by Crippen LogP contribution is 2.32. The molecule has 226 valence electrons. The molecule has 0 saturated carbocycles. The Bertz CT molecular complexity index is 1420. The summed E-state index contributed by atoms with van der Waals surface area (Å²) in [4.78, 5) is 41.2. The average Bonchev–Trinajstić information content (AvgIpc) is 3.49. The number of alkyl halides is 2. The number of hydrogen-bond acceptors (Lipinski definition) is 5. The van der Waals surface area contributed by atoms with Crippen molar-refractivity contribution in [1.82, 2.24) is 14.5 Å². The van der Waals surface area contributed by atoms with Crippen LogP contribution in [0.1, 0.15) is 22.3 Å². The first-order valence-corrected chi connectivity index (χ1v) is 14.0. The molecule has 13 nitrogen and oxygen atoms in total. The number of nitrogens with two attached hydrogens (primary N) is 1. The number of carbonyl (C=O) groups is 3. The second kappa shape index (κ2) is 14.5. The Balaban J connectivity index is 1.77. The summed E-state index contributed by atoms with van der Waals surface area (Å²) in [5.41, 5.74) is 7.65. The molecule has 3 aromatic rings. The van der Waals surface area contributed by atoms with Crippen LogP contribution in [0.25, 0.3) is 0 Å². The summed E-state index contributed by atoms with van der Waals surface area (Å²) >= 11 is 11.8. The Morgan fingerprint density at radius 3 is 2.07 bits per heavy atom. The zero-order valence-electron chi connectivity index (χ0n) is 23.3. The molecule has 0 bridgehead atoms. The maximum Gasteiger partial charge on any atom is 0.417 e. The van der Waals surface area contributed by atoms with Crippen LogP contribution >= 0.6 is 23.2 Å². The molecular weight excluding hydrogens is 587 g/mol. The van der Waals surface area contributed by atoms with E-state index >= 15 is 0 Å². The van der Waals surface area contributed by atoms with E-state index in [9.17, 15) is 24.6 Å². The lowest BCUT2D eigenvalue weighted by atomic mass is 10.2. The number of benzene rings is 1. The van der Waals surface area contributed by atoms with Crippen LogP contribution in [0.4, 0.5) is 32.6 Å². The van der Waals surface area contributed by atoms with E-state index in [1.807, 2.05) is 24.3 Å². The normalized spacial score (nSPS) is 10.8. The summed E-state index contributed by atoms with van der Waals surface area (Å²) in [5.74, 6) is 0.744. The number of carboxylic acid groups (broad SMARTS) is 2. The Morgan fingerprint density at radius 1 is 0.905 bits per heavy atom. The molecule has 2 heterocycles. The van der Waals surface area contributed by atoms with Gasteiger partial charge >= 0.3 is 12.2 Å². The lowest BCUT2D eigenvalue weighted by molar-refractivity contribution is 0.0950. The molecule has 0 saturated heterocycles. The van der Waals surface area contributed by atoms with Gasteiger partial charge in [0.05, 0.1) is 17.1 Å². The van der Waals surface area contributed by atoms with Gasteiger partial charge in [0.15, 0.2) is 0 Å². The largest absolute Gasteiger partial charge is 0.465 e. The Labute approximate surface area is 253 Å². The molecule has 1 aromatic carbocycles. The molecule has 0 spiro atoms. The minimum Gasteiger partial charge on any atom is -0.465 e. The van der Waals surface area contributed by atoms with E-state index in [1.54, 1.807) is 14.1 Å². The minimum absolute atomic E-state index is 0.0103. The van der Waals surface area contributed by atoms with Gasteiger partial charge in [0.2, 0.25) is 0 Å². The summed E-state index contributed by atoms with van der Waals surface area (Å²) in [6, 6.07) is 10.5. The zero-order chi connectivity index (χ0) is 31.0. The molecule has 0 aliphatic carbocycles. The maximum absolute atomic E-state index is 13.0. The highest BCUT2D eigenvalue weighted by molar-refractivity contribution is 6.18. The van der Waals surface area contributed by atoms with Crippen LogP contribution in [-0.2, 0) is 20.6 Å². The van der Waals surface area contributed by atoms with Crippen LogP contribution in [0, 0.1) is 5.41 Å². The van der Waals surface area contributed by atoms with Crippen LogP contribution in [0.3, 0.4) is 0 Å². The predicted molar refractivity (Wildman–Crippen MR) is 164 cm³/mol. The van der Waals surface area contributed by atoms with E-state index in [1.165, 1.54) is 33.7 Å². The van der Waals surface area contributed by atoms with Crippen molar-refractivity contribution in [1.29, 1.82) is 5.41 Å². The standard InChI is InChI=1S/C27H34Cl2N8O5/c1-33-16-19(25(38)32-15-18-3-5-20(6-4-18)35(11-8-28)12-9-29)13-24(33)37(27(41)42)21-14-23(34(2)17-21)36(26(39)40)10-7-22(30)31/h3-6,13-14,16-17H,7-12,15H2,1-2H3,(H3,30,31)(H,32,38)(H,39,40)(H,41,42). The summed E-state index contributed by atoms with van der Waals surface area (Å²) in [7, 11) is 3.18. The highest BCUT2D eigenvalue weighted by atomic mass is 35.5. The first kappa shape index (κ1) is 32.2. The van der Waals surface area contributed by atoms with Crippen molar-refractivity contribution in [3.05, 3.63) is 59.9 Å². The van der Waals surface area contributed by atoms with Crippen LogP contribution in [-0.4, -0.2) is 74.7 Å². The zero-order valence-corrected chi connectivity index (χ0v) is 24.8. The van der Waals surface area contributed by atoms with Gasteiger partial charge < -0.3 is 35.3 Å². The number of halogens is 2. The van der Waals surface area contributed by atoms with E-state index in [0.717, 1.165) is 21.1 Å². The molecule has 0 radical (unpaired) electrons. The number of hydrogen-bond donors (Lipinski definition) is 5. The number of carbonyl (C=O) groups excluding carboxylic acids is 1. The monoisotopic (exact) mass is 620 g/mol. The Hall–Kier alpha value is -4.36. The lowest BCUT2D eigenvalue weighted by Crippen LogP contribution is -2.33. The fourth-order valence-electron chi connectivity index (χ4n) is 4.39. The first-order valence-electron chi connectivity index (χ1n) is 12.9. The molecule has 6 N–H and O–H groups in total. The van der Waals surface area contributed by atoms with Gasteiger partial charge in [-0.1, -0.05) is 12.1 Å². The molecule has 3 rings (SSSR count). The molecular formula is C27H34Cl2N8O5. The lowest BCUT2D eigenvalue weighted by Gasteiger charge is -2.23. The third-order valence-corrected chi connectivity index (χ3v) is 6.80. The van der Waals surface area contributed by atoms with E-state index in [2.05, 4.69) is 10.2 Å². The fourth-order valence-corrected chi connectivity index (χ4v) is 4.80. The third-order valence-electron chi connectivity index (χ3n) is 6.46. The SMILES string of the molecule is Cn1cc(N(C(=O)O)c2cc(C(=O)NCc3ccc(N(CCCl)CCCl)cc3)cn2C)cc1N(CCC(=N)N)C(=O)O. The van der Waals surface area contributed by atoms with E-state index < -0.39 is 18.1 Å². The summed E-state index contributed by atoms with van der Waals surface area (Å²) < 4.78 is 2.96. The number of anilines is 4. The molecule has 15 heteroatoms. The first-order chi connectivity index (χ1) is 20.0. The third kappa shape index (κ3) is 7.89. The second-order valence-corrected chi connectivity index (χ2v) is 10.2. The molecule has 0 fully saturated rings. The molecule has 2 aromatic heterocycles. The van der Waals surface area contributed by atoms with Crippen molar-refractivity contribution in [3.8, 4) is 0 Å². The van der Waals surface area contributed by atoms with Gasteiger partial charge in [-0.25, -0.2) is 14.5 Å². The Morgan fingerprint density at radius 2 is 1.52 bits per heavy atom. The molecule has 0 aliphatic rings. The van der Waals surface area contributed by atoms with Crippen molar-refractivity contribution in [3.63, 3.8) is 0 Å². The van der Waals surface area contributed by atoms with E-state index in [4.69, 9.17) is 34.3 Å². The van der Waals surface area contributed by atoms with Crippen LogP contribution in [0.5, 0.6) is 0 Å². The number of aryl methyl sites for hydroxylation is 2. The average molecular weight is 622 g/mol. The van der Waals surface area contributed by atoms with Crippen LogP contribution < -0.4 is 25.8 Å². The van der Waals surface area contributed by atoms with Gasteiger partial charge in [0.25, 0.3) is 5.91 Å². The maximum atomic E-state index is 13.0. The van der Waals surface area contributed by atoms with Gasteiger partial charge in [-0.3, -0.25) is 15.1 Å². The number of amidine groups is 1. The highest BCUT2D eigenvalue weighted by Gasteiger charge is 2.26. The number of nitrogens with one attached hydrogen (secondary N) is 2. The van der Waals surface area contributed by atoms with Crippen molar-refractivity contribution in [2.24, 2.45) is 19.8 Å². The van der Waals surface area contributed by atoms with Crippen molar-refractivity contribution >= 4 is 70.1 Å². The second-order valence-electron chi connectivity index (χ2n) is 9.41. The van der Waals surface area contributed by atoms with Gasteiger partial charge in [0.1, 0.15) is 11.6 Å². The van der Waals surface area contributed by atoms with Crippen molar-refractivity contribution in [2.75, 3.05) is 46.1 Å². The van der Waals surface area contributed by atoms with Gasteiger partial charge in [-0.15, -0.1) is 23.2 Å². The number of amides is 3. The fraction of sp³-hybridized carbons (Fsp3) is 0.333. The summed E-state index contributed by atoms with van der Waals surface area (Å²) in [5, 5.41) is 30.0. The number of nitrogens with zero attached hydrogens (tertiary/aromatic N) is 5. The van der Waals surface area contributed by atoms with E-state index in [0.29, 0.717) is 24.8 Å².